The number of nitrogens with zero attached hydrogens (tertiary/aromatic N) is 1. The van der Waals surface area contributed by atoms with Gasteiger partial charge < -0.3 is 5.32 Å². The zero-order valence-corrected chi connectivity index (χ0v) is 13.7. The van der Waals surface area contributed by atoms with Crippen molar-refractivity contribution in [3.8, 4) is 0 Å². The van der Waals surface area contributed by atoms with Crippen LogP contribution in [0, 0.1) is 0 Å². The minimum atomic E-state index is 0.303. The lowest BCUT2D eigenvalue weighted by molar-refractivity contribution is 0.217. The lowest BCUT2D eigenvalue weighted by Crippen LogP contribution is -2.47. The summed E-state index contributed by atoms with van der Waals surface area (Å²) in [5.41, 5.74) is 1.22. The Kier molecular flexibility index (Phi) is 5.85. The fourth-order valence-electron chi connectivity index (χ4n) is 2.46. The Bertz CT molecular complexity index is 428. The molecule has 0 aliphatic carbocycles. The second kappa shape index (κ2) is 7.19. The number of benzene rings is 1. The fraction of sp³-hybridized carbons (Fsp3) is 0.571. The van der Waals surface area contributed by atoms with Gasteiger partial charge in [0.15, 0.2) is 0 Å². The average molecular weight is 319 g/mol. The Labute approximate surface area is 129 Å². The van der Waals surface area contributed by atoms with Gasteiger partial charge in [-0.3, -0.25) is 4.90 Å². The van der Waals surface area contributed by atoms with E-state index in [-0.39, 0.29) is 0 Å². The van der Waals surface area contributed by atoms with Gasteiger partial charge in [0.05, 0.1) is 10.0 Å². The first-order valence-corrected chi connectivity index (χ1v) is 8.51. The van der Waals surface area contributed by atoms with E-state index in [9.17, 15) is 0 Å². The summed E-state index contributed by atoms with van der Waals surface area (Å²) in [7, 11) is 2.20. The molecule has 0 spiro atoms. The summed E-state index contributed by atoms with van der Waals surface area (Å²) < 4.78 is 0. The molecule has 1 fully saturated rings. The third-order valence-electron chi connectivity index (χ3n) is 3.55. The van der Waals surface area contributed by atoms with Crippen molar-refractivity contribution in [2.45, 2.75) is 19.0 Å². The summed E-state index contributed by atoms with van der Waals surface area (Å²) in [4.78, 5) is 2.44. The molecule has 0 bridgehead atoms. The van der Waals surface area contributed by atoms with E-state index >= 15 is 0 Å². The zero-order valence-electron chi connectivity index (χ0n) is 11.3. The lowest BCUT2D eigenvalue weighted by Gasteiger charge is -2.38. The summed E-state index contributed by atoms with van der Waals surface area (Å²) in [6.07, 6.45) is 0. The molecule has 1 heterocycles. The van der Waals surface area contributed by atoms with Gasteiger partial charge in [0, 0.05) is 30.1 Å². The first-order chi connectivity index (χ1) is 9.13. The number of nitrogens with one attached hydrogen (secondary N) is 1. The molecule has 0 amide bonds. The van der Waals surface area contributed by atoms with Gasteiger partial charge in [0.1, 0.15) is 0 Å². The smallest absolute Gasteiger partial charge is 0.0595 e. The molecule has 1 aliphatic heterocycles. The summed E-state index contributed by atoms with van der Waals surface area (Å²) in [6.45, 7) is 4.22. The second-order valence-electron chi connectivity index (χ2n) is 4.83. The lowest BCUT2D eigenvalue weighted by atomic mass is 9.99. The molecule has 0 saturated carbocycles. The summed E-state index contributed by atoms with van der Waals surface area (Å²) in [5.74, 6) is 2.36. The first kappa shape index (κ1) is 15.5. The van der Waals surface area contributed by atoms with E-state index in [2.05, 4.69) is 30.3 Å². The van der Waals surface area contributed by atoms with Gasteiger partial charge in [-0.25, -0.2) is 0 Å². The van der Waals surface area contributed by atoms with E-state index in [0.717, 1.165) is 18.8 Å². The van der Waals surface area contributed by atoms with Gasteiger partial charge in [-0.05, 0) is 31.3 Å². The van der Waals surface area contributed by atoms with Crippen LogP contribution in [0.5, 0.6) is 0 Å². The van der Waals surface area contributed by atoms with Gasteiger partial charge in [0.25, 0.3) is 0 Å². The molecule has 5 heteroatoms. The SMILES string of the molecule is CCNC(c1ccc(Cl)c(Cl)c1)C1CSCCN1C. The number of rotatable bonds is 4. The monoisotopic (exact) mass is 318 g/mol. The van der Waals surface area contributed by atoms with Crippen molar-refractivity contribution in [3.63, 3.8) is 0 Å². The van der Waals surface area contributed by atoms with Crippen molar-refractivity contribution in [1.29, 1.82) is 0 Å². The fourth-order valence-corrected chi connectivity index (χ4v) is 4.04. The Hall–Kier alpha value is 0.0700. The van der Waals surface area contributed by atoms with Gasteiger partial charge >= 0.3 is 0 Å². The highest BCUT2D eigenvalue weighted by Crippen LogP contribution is 2.30. The topological polar surface area (TPSA) is 15.3 Å². The van der Waals surface area contributed by atoms with Crippen molar-refractivity contribution in [1.82, 2.24) is 10.2 Å². The third kappa shape index (κ3) is 3.79. The van der Waals surface area contributed by atoms with Crippen LogP contribution in [0.15, 0.2) is 18.2 Å². The Morgan fingerprint density at radius 1 is 1.42 bits per heavy atom. The molecule has 1 aromatic carbocycles. The maximum atomic E-state index is 6.15. The first-order valence-electron chi connectivity index (χ1n) is 6.59. The molecule has 2 rings (SSSR count). The minimum Gasteiger partial charge on any atom is -0.309 e. The van der Waals surface area contributed by atoms with Crippen LogP contribution in [0.1, 0.15) is 18.5 Å². The Morgan fingerprint density at radius 2 is 2.21 bits per heavy atom. The number of likely N-dealkylation sites (N-methyl/N-ethyl adjacent to an activating group) is 2. The van der Waals surface area contributed by atoms with Crippen LogP contribution >= 0.6 is 35.0 Å². The van der Waals surface area contributed by atoms with E-state index in [1.54, 1.807) is 0 Å². The van der Waals surface area contributed by atoms with Crippen LogP contribution in [0.2, 0.25) is 10.0 Å². The van der Waals surface area contributed by atoms with Gasteiger partial charge in [0.2, 0.25) is 0 Å². The highest BCUT2D eigenvalue weighted by atomic mass is 35.5. The molecular formula is C14H20Cl2N2S. The molecule has 2 atom stereocenters. The third-order valence-corrected chi connectivity index (χ3v) is 5.34. The summed E-state index contributed by atoms with van der Waals surface area (Å²) >= 11 is 14.2. The van der Waals surface area contributed by atoms with Crippen LogP contribution in [-0.2, 0) is 0 Å². The van der Waals surface area contributed by atoms with Crippen LogP contribution in [0.3, 0.4) is 0 Å². The molecule has 2 unspecified atom stereocenters. The van der Waals surface area contributed by atoms with Crippen molar-refractivity contribution in [3.05, 3.63) is 33.8 Å². The molecule has 0 radical (unpaired) electrons. The molecular weight excluding hydrogens is 299 g/mol. The van der Waals surface area contributed by atoms with Crippen molar-refractivity contribution in [2.24, 2.45) is 0 Å². The number of hydrogen-bond acceptors (Lipinski definition) is 3. The van der Waals surface area contributed by atoms with Crippen molar-refractivity contribution < 1.29 is 0 Å². The maximum Gasteiger partial charge on any atom is 0.0595 e. The average Bonchev–Trinajstić information content (AvgIpc) is 2.40. The molecule has 1 saturated heterocycles. The normalized spacial score (nSPS) is 22.4. The highest BCUT2D eigenvalue weighted by molar-refractivity contribution is 7.99. The Balaban J connectivity index is 2.25. The van der Waals surface area contributed by atoms with Crippen molar-refractivity contribution in [2.75, 3.05) is 31.6 Å². The number of thioether (sulfide) groups is 1. The molecule has 2 nitrogen and oxygen atoms in total. The van der Waals surface area contributed by atoms with E-state index in [4.69, 9.17) is 23.2 Å². The predicted molar refractivity (Wildman–Crippen MR) is 86.6 cm³/mol. The molecule has 1 aliphatic rings. The Morgan fingerprint density at radius 3 is 2.84 bits per heavy atom. The largest absolute Gasteiger partial charge is 0.309 e. The molecule has 19 heavy (non-hydrogen) atoms. The van der Waals surface area contributed by atoms with E-state index in [0.29, 0.717) is 22.1 Å². The summed E-state index contributed by atoms with van der Waals surface area (Å²) in [5, 5.41) is 4.84. The highest BCUT2D eigenvalue weighted by Gasteiger charge is 2.28. The molecule has 1 aromatic rings. The van der Waals surface area contributed by atoms with Crippen molar-refractivity contribution >= 4 is 35.0 Å². The molecule has 1 N–H and O–H groups in total. The van der Waals surface area contributed by atoms with E-state index in [1.807, 2.05) is 23.9 Å². The van der Waals surface area contributed by atoms with Crippen LogP contribution in [0.25, 0.3) is 0 Å². The van der Waals surface area contributed by atoms with E-state index < -0.39 is 0 Å². The quantitative estimate of drug-likeness (QED) is 0.911. The predicted octanol–water partition coefficient (Wildman–Crippen LogP) is 3.69. The minimum absolute atomic E-state index is 0.303. The van der Waals surface area contributed by atoms with Gasteiger partial charge in [-0.2, -0.15) is 11.8 Å². The second-order valence-corrected chi connectivity index (χ2v) is 6.80. The van der Waals surface area contributed by atoms with Crippen LogP contribution < -0.4 is 5.32 Å². The van der Waals surface area contributed by atoms with Gasteiger partial charge in [-0.15, -0.1) is 0 Å². The van der Waals surface area contributed by atoms with Crippen LogP contribution in [-0.4, -0.2) is 42.6 Å². The molecule has 106 valence electrons. The number of hydrogen-bond donors (Lipinski definition) is 1. The maximum absolute atomic E-state index is 6.15. The number of halogens is 2. The summed E-state index contributed by atoms with van der Waals surface area (Å²) in [6, 6.07) is 6.76. The van der Waals surface area contributed by atoms with Crippen LogP contribution in [0.4, 0.5) is 0 Å². The van der Waals surface area contributed by atoms with Gasteiger partial charge in [-0.1, -0.05) is 36.2 Å². The molecule has 0 aromatic heterocycles. The standard InChI is InChI=1S/C14H20Cl2N2S/c1-3-17-14(13-9-19-7-6-18(13)2)10-4-5-11(15)12(16)8-10/h4-5,8,13-14,17H,3,6-7,9H2,1-2H3. The zero-order chi connectivity index (χ0) is 13.8. The van der Waals surface area contributed by atoms with E-state index in [1.165, 1.54) is 11.3 Å².